The second-order valence-corrected chi connectivity index (χ2v) is 4.18. The van der Waals surface area contributed by atoms with Gasteiger partial charge in [0.25, 0.3) is 0 Å². The number of carbonyl (C=O) groups is 1. The second-order valence-electron chi connectivity index (χ2n) is 3.30. The van der Waals surface area contributed by atoms with E-state index in [0.29, 0.717) is 6.61 Å². The van der Waals surface area contributed by atoms with Gasteiger partial charge in [-0.1, -0.05) is 12.1 Å². The van der Waals surface area contributed by atoms with Crippen molar-refractivity contribution in [1.82, 2.24) is 4.90 Å². The maximum absolute atomic E-state index is 11.1. The Bertz CT molecular complexity index is 322. The Morgan fingerprint density at radius 1 is 1.33 bits per heavy atom. The molecular formula is C11H15NO2S. The van der Waals surface area contributed by atoms with E-state index < -0.39 is 0 Å². The minimum Gasteiger partial charge on any atom is -0.445 e. The molecule has 4 heteroatoms. The average Bonchev–Trinajstić information content (AvgIpc) is 2.26. The van der Waals surface area contributed by atoms with Gasteiger partial charge in [0.05, 0.1) is 0 Å². The molecule has 82 valence electrons. The molecule has 15 heavy (non-hydrogen) atoms. The topological polar surface area (TPSA) is 29.5 Å². The van der Waals surface area contributed by atoms with Crippen LogP contribution in [0.4, 0.5) is 4.79 Å². The van der Waals surface area contributed by atoms with Crippen molar-refractivity contribution in [2.24, 2.45) is 0 Å². The molecule has 3 nitrogen and oxygen atoms in total. The first-order valence-corrected chi connectivity index (χ1v) is 5.83. The highest BCUT2D eigenvalue weighted by Crippen LogP contribution is 2.15. The lowest BCUT2D eigenvalue weighted by Gasteiger charge is -2.10. The fourth-order valence-electron chi connectivity index (χ4n) is 0.996. The van der Waals surface area contributed by atoms with Crippen LogP contribution in [0.15, 0.2) is 29.2 Å². The Labute approximate surface area is 94.4 Å². The summed E-state index contributed by atoms with van der Waals surface area (Å²) >= 11 is 1.69. The van der Waals surface area contributed by atoms with Crippen LogP contribution in [0.2, 0.25) is 0 Å². The molecule has 0 spiro atoms. The van der Waals surface area contributed by atoms with Gasteiger partial charge in [-0.25, -0.2) is 4.79 Å². The van der Waals surface area contributed by atoms with Crippen LogP contribution >= 0.6 is 11.8 Å². The van der Waals surface area contributed by atoms with Gasteiger partial charge in [0.2, 0.25) is 0 Å². The third-order valence-corrected chi connectivity index (χ3v) is 2.63. The number of ether oxygens (including phenoxy) is 1. The minimum atomic E-state index is -0.316. The van der Waals surface area contributed by atoms with E-state index in [2.05, 4.69) is 0 Å². The van der Waals surface area contributed by atoms with Gasteiger partial charge in [0.15, 0.2) is 0 Å². The standard InChI is InChI=1S/C11H15NO2S/c1-12(2)11(13)14-8-9-4-6-10(15-3)7-5-9/h4-7H,8H2,1-3H3. The highest BCUT2D eigenvalue weighted by Gasteiger charge is 2.04. The van der Waals surface area contributed by atoms with Gasteiger partial charge in [0, 0.05) is 19.0 Å². The zero-order valence-electron chi connectivity index (χ0n) is 9.19. The Morgan fingerprint density at radius 3 is 2.40 bits per heavy atom. The Kier molecular flexibility index (Phi) is 4.49. The van der Waals surface area contributed by atoms with Crippen LogP contribution in [0.3, 0.4) is 0 Å². The summed E-state index contributed by atoms with van der Waals surface area (Å²) in [6.45, 7) is 0.325. The van der Waals surface area contributed by atoms with Gasteiger partial charge in [-0.2, -0.15) is 0 Å². The van der Waals surface area contributed by atoms with E-state index >= 15 is 0 Å². The van der Waals surface area contributed by atoms with Crippen LogP contribution in [-0.2, 0) is 11.3 Å². The predicted molar refractivity (Wildman–Crippen MR) is 62.1 cm³/mol. The zero-order chi connectivity index (χ0) is 11.3. The molecule has 1 aromatic rings. The van der Waals surface area contributed by atoms with Crippen LogP contribution in [-0.4, -0.2) is 31.3 Å². The van der Waals surface area contributed by atoms with E-state index in [4.69, 9.17) is 4.74 Å². The maximum Gasteiger partial charge on any atom is 0.409 e. The summed E-state index contributed by atoms with van der Waals surface area (Å²) in [5, 5.41) is 0. The molecular weight excluding hydrogens is 210 g/mol. The van der Waals surface area contributed by atoms with Gasteiger partial charge in [-0.3, -0.25) is 0 Å². The highest BCUT2D eigenvalue weighted by molar-refractivity contribution is 7.98. The molecule has 0 unspecified atom stereocenters. The van der Waals surface area contributed by atoms with Crippen molar-refractivity contribution in [1.29, 1.82) is 0 Å². The summed E-state index contributed by atoms with van der Waals surface area (Å²) < 4.78 is 5.04. The van der Waals surface area contributed by atoms with E-state index in [1.165, 1.54) is 9.80 Å². The summed E-state index contributed by atoms with van der Waals surface area (Å²) in [5.74, 6) is 0. The smallest absolute Gasteiger partial charge is 0.409 e. The predicted octanol–water partition coefficient (Wildman–Crippen LogP) is 2.61. The van der Waals surface area contributed by atoms with Crippen LogP contribution in [0.25, 0.3) is 0 Å². The molecule has 0 radical (unpaired) electrons. The molecule has 1 rings (SSSR count). The van der Waals surface area contributed by atoms with E-state index in [-0.39, 0.29) is 6.09 Å². The van der Waals surface area contributed by atoms with Gasteiger partial charge in [-0.05, 0) is 24.0 Å². The lowest BCUT2D eigenvalue weighted by Crippen LogP contribution is -2.22. The molecule has 0 heterocycles. The molecule has 1 aromatic carbocycles. The average molecular weight is 225 g/mol. The molecule has 0 aliphatic carbocycles. The maximum atomic E-state index is 11.1. The van der Waals surface area contributed by atoms with Crippen LogP contribution < -0.4 is 0 Å². The van der Waals surface area contributed by atoms with Crippen molar-refractivity contribution in [2.75, 3.05) is 20.4 Å². The van der Waals surface area contributed by atoms with Gasteiger partial charge < -0.3 is 9.64 Å². The number of nitrogens with zero attached hydrogens (tertiary/aromatic N) is 1. The van der Waals surface area contributed by atoms with E-state index in [1.807, 2.05) is 30.5 Å². The molecule has 0 fully saturated rings. The first-order valence-electron chi connectivity index (χ1n) is 4.60. The molecule has 0 N–H and O–H groups in total. The van der Waals surface area contributed by atoms with Crippen molar-refractivity contribution in [2.45, 2.75) is 11.5 Å². The molecule has 0 saturated carbocycles. The lowest BCUT2D eigenvalue weighted by atomic mass is 10.2. The van der Waals surface area contributed by atoms with Crippen LogP contribution in [0.5, 0.6) is 0 Å². The van der Waals surface area contributed by atoms with Crippen LogP contribution in [0.1, 0.15) is 5.56 Å². The lowest BCUT2D eigenvalue weighted by molar-refractivity contribution is 0.112. The first-order chi connectivity index (χ1) is 7.13. The number of thioether (sulfide) groups is 1. The van der Waals surface area contributed by atoms with Gasteiger partial charge >= 0.3 is 6.09 Å². The Balaban J connectivity index is 2.47. The van der Waals surface area contributed by atoms with E-state index in [1.54, 1.807) is 25.9 Å². The van der Waals surface area contributed by atoms with Gasteiger partial charge in [0.1, 0.15) is 6.61 Å². The summed E-state index contributed by atoms with van der Waals surface area (Å²) in [7, 11) is 3.33. The minimum absolute atomic E-state index is 0.316. The van der Waals surface area contributed by atoms with Gasteiger partial charge in [-0.15, -0.1) is 11.8 Å². The number of hydrogen-bond donors (Lipinski definition) is 0. The second kappa shape index (κ2) is 5.66. The van der Waals surface area contributed by atoms with E-state index in [0.717, 1.165) is 5.56 Å². The quantitative estimate of drug-likeness (QED) is 0.741. The number of benzene rings is 1. The summed E-state index contributed by atoms with van der Waals surface area (Å²) in [6.07, 6.45) is 1.71. The van der Waals surface area contributed by atoms with Crippen molar-refractivity contribution < 1.29 is 9.53 Å². The number of hydrogen-bond acceptors (Lipinski definition) is 3. The number of amides is 1. The number of rotatable bonds is 3. The van der Waals surface area contributed by atoms with Crippen molar-refractivity contribution in [3.05, 3.63) is 29.8 Å². The summed E-state index contributed by atoms with van der Waals surface area (Å²) in [4.78, 5) is 13.8. The molecule has 0 saturated heterocycles. The van der Waals surface area contributed by atoms with Crippen molar-refractivity contribution in [3.8, 4) is 0 Å². The third-order valence-electron chi connectivity index (χ3n) is 1.89. The summed E-state index contributed by atoms with van der Waals surface area (Å²) in [5.41, 5.74) is 1.00. The number of carbonyl (C=O) groups excluding carboxylic acids is 1. The monoisotopic (exact) mass is 225 g/mol. The SMILES string of the molecule is CSc1ccc(COC(=O)N(C)C)cc1. The molecule has 0 bridgehead atoms. The third kappa shape index (κ3) is 3.83. The van der Waals surface area contributed by atoms with E-state index in [9.17, 15) is 4.79 Å². The molecule has 1 amide bonds. The Morgan fingerprint density at radius 2 is 1.93 bits per heavy atom. The molecule has 0 aliphatic rings. The summed E-state index contributed by atoms with van der Waals surface area (Å²) in [6, 6.07) is 7.97. The Hall–Kier alpha value is -1.16. The molecule has 0 aromatic heterocycles. The molecule has 0 atom stereocenters. The fraction of sp³-hybridized carbons (Fsp3) is 0.364. The zero-order valence-corrected chi connectivity index (χ0v) is 10.0. The van der Waals surface area contributed by atoms with Crippen LogP contribution in [0, 0.1) is 0 Å². The van der Waals surface area contributed by atoms with Crippen molar-refractivity contribution >= 4 is 17.9 Å². The molecule has 0 aliphatic heterocycles. The largest absolute Gasteiger partial charge is 0.445 e. The highest BCUT2D eigenvalue weighted by atomic mass is 32.2. The fourth-order valence-corrected chi connectivity index (χ4v) is 1.40. The van der Waals surface area contributed by atoms with Crippen molar-refractivity contribution in [3.63, 3.8) is 0 Å². The normalized spacial score (nSPS) is 9.80. The first kappa shape index (κ1) is 11.9.